The molecule has 1 aliphatic heterocycles. The first-order valence-electron chi connectivity index (χ1n) is 10.8. The summed E-state index contributed by atoms with van der Waals surface area (Å²) in [6.07, 6.45) is 3.73. The van der Waals surface area contributed by atoms with Crippen LogP contribution >= 0.6 is 0 Å². The van der Waals surface area contributed by atoms with Crippen molar-refractivity contribution in [1.29, 1.82) is 0 Å². The standard InChI is InChI=1S/C22H30N6O4/c1-2-18-21(25-15-7-11-31-12-8-15)28-22(19(27-18)20(23)30)26-16-5-3-6-17(13-16)32-10-4-9-24-14-29/h3,5-6,13-15H,2,4,7-12H2,1H3,(H2,23,30)(H,24,29)(H2,25,26,28). The molecule has 10 heteroatoms. The second-order valence-electron chi connectivity index (χ2n) is 7.39. The minimum atomic E-state index is -0.651. The number of amides is 2. The maximum Gasteiger partial charge on any atom is 0.271 e. The zero-order chi connectivity index (χ0) is 22.8. The molecule has 0 bridgehead atoms. The van der Waals surface area contributed by atoms with Crippen molar-refractivity contribution in [3.63, 3.8) is 0 Å². The molecule has 0 aliphatic carbocycles. The molecule has 0 saturated carbocycles. The van der Waals surface area contributed by atoms with Gasteiger partial charge in [0, 0.05) is 37.6 Å². The highest BCUT2D eigenvalue weighted by molar-refractivity contribution is 5.96. The lowest BCUT2D eigenvalue weighted by atomic mass is 10.1. The number of hydrogen-bond acceptors (Lipinski definition) is 8. The van der Waals surface area contributed by atoms with Crippen molar-refractivity contribution in [1.82, 2.24) is 15.3 Å². The van der Waals surface area contributed by atoms with Crippen LogP contribution in [0.2, 0.25) is 0 Å². The molecule has 0 atom stereocenters. The second kappa shape index (κ2) is 11.8. The summed E-state index contributed by atoms with van der Waals surface area (Å²) >= 11 is 0. The SMILES string of the molecule is CCc1nc(C(N)=O)c(Nc2cccc(OCCCNC=O)c2)nc1NC1CCOCC1. The van der Waals surface area contributed by atoms with E-state index < -0.39 is 5.91 Å². The fourth-order valence-electron chi connectivity index (χ4n) is 3.35. The van der Waals surface area contributed by atoms with Gasteiger partial charge in [0.05, 0.1) is 12.3 Å². The minimum Gasteiger partial charge on any atom is -0.493 e. The molecule has 2 aromatic rings. The number of nitrogens with zero attached hydrogens (tertiary/aromatic N) is 2. The van der Waals surface area contributed by atoms with Crippen LogP contribution in [0.5, 0.6) is 5.75 Å². The van der Waals surface area contributed by atoms with Crippen LogP contribution < -0.4 is 26.4 Å². The number of anilines is 3. The van der Waals surface area contributed by atoms with Gasteiger partial charge < -0.3 is 31.2 Å². The van der Waals surface area contributed by atoms with Crippen LogP contribution in [0, 0.1) is 0 Å². The van der Waals surface area contributed by atoms with Crippen LogP contribution in [0.15, 0.2) is 24.3 Å². The summed E-state index contributed by atoms with van der Waals surface area (Å²) in [6.45, 7) is 4.37. The number of aromatic nitrogens is 2. The maximum atomic E-state index is 12.1. The summed E-state index contributed by atoms with van der Waals surface area (Å²) in [5, 5.41) is 9.20. The second-order valence-corrected chi connectivity index (χ2v) is 7.39. The molecule has 32 heavy (non-hydrogen) atoms. The molecule has 2 amide bonds. The van der Waals surface area contributed by atoms with Gasteiger partial charge in [0.25, 0.3) is 5.91 Å². The first-order chi connectivity index (χ1) is 15.6. The molecule has 5 N–H and O–H groups in total. The van der Waals surface area contributed by atoms with E-state index in [2.05, 4.69) is 25.9 Å². The molecule has 3 rings (SSSR count). The molecular weight excluding hydrogens is 412 g/mol. The number of hydrogen-bond donors (Lipinski definition) is 4. The lowest BCUT2D eigenvalue weighted by Crippen LogP contribution is -2.29. The van der Waals surface area contributed by atoms with E-state index in [1.54, 1.807) is 6.07 Å². The van der Waals surface area contributed by atoms with E-state index in [0.29, 0.717) is 68.6 Å². The summed E-state index contributed by atoms with van der Waals surface area (Å²) < 4.78 is 11.1. The quantitative estimate of drug-likeness (QED) is 0.289. The van der Waals surface area contributed by atoms with Crippen LogP contribution in [0.25, 0.3) is 0 Å². The normalized spacial score (nSPS) is 13.9. The topological polar surface area (TPSA) is 140 Å². The monoisotopic (exact) mass is 442 g/mol. The van der Waals surface area contributed by atoms with Gasteiger partial charge in [0.2, 0.25) is 6.41 Å². The number of aryl methyl sites for hydroxylation is 1. The molecule has 1 aromatic heterocycles. The summed E-state index contributed by atoms with van der Waals surface area (Å²) in [6, 6.07) is 7.55. The summed E-state index contributed by atoms with van der Waals surface area (Å²) in [4.78, 5) is 31.5. The number of primary amides is 1. The van der Waals surface area contributed by atoms with Gasteiger partial charge in [-0.15, -0.1) is 0 Å². The third-order valence-corrected chi connectivity index (χ3v) is 5.01. The van der Waals surface area contributed by atoms with Crippen LogP contribution in [0.4, 0.5) is 17.3 Å². The Hall–Kier alpha value is -3.40. The number of benzene rings is 1. The van der Waals surface area contributed by atoms with Gasteiger partial charge in [-0.1, -0.05) is 13.0 Å². The summed E-state index contributed by atoms with van der Waals surface area (Å²) in [5.41, 5.74) is 7.05. The zero-order valence-electron chi connectivity index (χ0n) is 18.2. The van der Waals surface area contributed by atoms with Crippen molar-refractivity contribution < 1.29 is 19.1 Å². The highest BCUT2D eigenvalue weighted by atomic mass is 16.5. The Labute approximate surface area is 187 Å². The third-order valence-electron chi connectivity index (χ3n) is 5.01. The lowest BCUT2D eigenvalue weighted by Gasteiger charge is -2.25. The average molecular weight is 443 g/mol. The van der Waals surface area contributed by atoms with E-state index in [1.165, 1.54) is 0 Å². The van der Waals surface area contributed by atoms with Crippen LogP contribution in [0.1, 0.15) is 42.4 Å². The van der Waals surface area contributed by atoms with Gasteiger partial charge in [0.15, 0.2) is 17.3 Å². The Morgan fingerprint density at radius 2 is 2.09 bits per heavy atom. The Morgan fingerprint density at radius 3 is 2.81 bits per heavy atom. The van der Waals surface area contributed by atoms with Crippen molar-refractivity contribution in [2.45, 2.75) is 38.6 Å². The molecule has 0 spiro atoms. The molecule has 10 nitrogen and oxygen atoms in total. The van der Waals surface area contributed by atoms with Gasteiger partial charge >= 0.3 is 0 Å². The number of nitrogens with one attached hydrogen (secondary N) is 3. The number of ether oxygens (including phenoxy) is 2. The number of carbonyl (C=O) groups is 2. The van der Waals surface area contributed by atoms with E-state index in [9.17, 15) is 9.59 Å². The number of nitrogens with two attached hydrogens (primary N) is 1. The molecule has 1 fully saturated rings. The Kier molecular flexibility index (Phi) is 8.61. The fourth-order valence-corrected chi connectivity index (χ4v) is 3.35. The Bertz CT molecular complexity index is 917. The predicted octanol–water partition coefficient (Wildman–Crippen LogP) is 1.99. The zero-order valence-corrected chi connectivity index (χ0v) is 18.2. The van der Waals surface area contributed by atoms with Crippen molar-refractivity contribution in [3.05, 3.63) is 35.7 Å². The van der Waals surface area contributed by atoms with Crippen molar-refractivity contribution in [2.75, 3.05) is 37.0 Å². The molecule has 1 saturated heterocycles. The fraction of sp³-hybridized carbons (Fsp3) is 0.455. The lowest BCUT2D eigenvalue weighted by molar-refractivity contribution is -0.109. The van der Waals surface area contributed by atoms with E-state index in [4.69, 9.17) is 15.2 Å². The van der Waals surface area contributed by atoms with Gasteiger partial charge in [0.1, 0.15) is 5.75 Å². The third kappa shape index (κ3) is 6.55. The molecule has 0 radical (unpaired) electrons. The summed E-state index contributed by atoms with van der Waals surface area (Å²) in [7, 11) is 0. The molecule has 172 valence electrons. The van der Waals surface area contributed by atoms with Crippen LogP contribution in [-0.2, 0) is 16.0 Å². The average Bonchev–Trinajstić information content (AvgIpc) is 2.80. The highest BCUT2D eigenvalue weighted by Gasteiger charge is 2.20. The van der Waals surface area contributed by atoms with E-state index in [0.717, 1.165) is 12.8 Å². The maximum absolute atomic E-state index is 12.1. The molecule has 0 unspecified atom stereocenters. The minimum absolute atomic E-state index is 0.0886. The van der Waals surface area contributed by atoms with Crippen LogP contribution in [-0.4, -0.2) is 54.7 Å². The summed E-state index contributed by atoms with van der Waals surface area (Å²) in [5.74, 6) is 0.932. The molecule has 1 aromatic carbocycles. The van der Waals surface area contributed by atoms with Gasteiger partial charge in [-0.2, -0.15) is 0 Å². The Balaban J connectivity index is 1.78. The van der Waals surface area contributed by atoms with Crippen molar-refractivity contribution in [2.24, 2.45) is 5.73 Å². The van der Waals surface area contributed by atoms with Gasteiger partial charge in [-0.25, -0.2) is 9.97 Å². The first-order valence-corrected chi connectivity index (χ1v) is 10.8. The van der Waals surface area contributed by atoms with E-state index in [-0.39, 0.29) is 17.6 Å². The van der Waals surface area contributed by atoms with Crippen molar-refractivity contribution in [3.8, 4) is 5.75 Å². The molecule has 2 heterocycles. The highest BCUT2D eigenvalue weighted by Crippen LogP contribution is 2.26. The number of carbonyl (C=O) groups excluding carboxylic acids is 2. The largest absolute Gasteiger partial charge is 0.493 e. The van der Waals surface area contributed by atoms with Crippen molar-refractivity contribution >= 4 is 29.6 Å². The first kappa shape index (κ1) is 23.3. The molecular formula is C22H30N6O4. The van der Waals surface area contributed by atoms with Gasteiger partial charge in [-0.3, -0.25) is 9.59 Å². The van der Waals surface area contributed by atoms with Crippen LogP contribution in [0.3, 0.4) is 0 Å². The van der Waals surface area contributed by atoms with E-state index >= 15 is 0 Å². The number of rotatable bonds is 12. The predicted molar refractivity (Wildman–Crippen MR) is 121 cm³/mol. The molecule has 1 aliphatic rings. The smallest absolute Gasteiger partial charge is 0.271 e. The Morgan fingerprint density at radius 1 is 1.28 bits per heavy atom. The van der Waals surface area contributed by atoms with Gasteiger partial charge in [-0.05, 0) is 37.8 Å². The van der Waals surface area contributed by atoms with E-state index in [1.807, 2.05) is 25.1 Å².